The molecule has 3 atom stereocenters. The number of amides is 2. The second-order valence-electron chi connectivity index (χ2n) is 13.2. The highest BCUT2D eigenvalue weighted by Gasteiger charge is 2.55. The molecule has 0 aromatic heterocycles. The van der Waals surface area contributed by atoms with Gasteiger partial charge in [0, 0.05) is 18.2 Å². The summed E-state index contributed by atoms with van der Waals surface area (Å²) in [5, 5.41) is 2.98. The summed E-state index contributed by atoms with van der Waals surface area (Å²) in [6, 6.07) is 8.37. The van der Waals surface area contributed by atoms with Crippen LogP contribution in [-0.2, 0) is 13.6 Å². The fraction of sp³-hybridized carbons (Fsp3) is 0.704. The number of carbonyl (C=O) groups is 2. The number of nitrogens with one attached hydrogen (secondary N) is 1. The third kappa shape index (κ3) is 6.84. The molecule has 1 fully saturated rings. The van der Waals surface area contributed by atoms with Gasteiger partial charge in [-0.3, -0.25) is 9.59 Å². The van der Waals surface area contributed by atoms with Crippen LogP contribution in [0.15, 0.2) is 30.3 Å². The number of carbonyl (C=O) groups excluding carboxylic acids is 2. The average molecular weight is 521 g/mol. The van der Waals surface area contributed by atoms with Crippen molar-refractivity contribution in [3.8, 4) is 0 Å². The van der Waals surface area contributed by atoms with E-state index in [1.807, 2.05) is 32.0 Å². The van der Waals surface area contributed by atoms with Gasteiger partial charge >= 0.3 is 0 Å². The van der Waals surface area contributed by atoms with Gasteiger partial charge in [0.05, 0.1) is 6.10 Å². The lowest BCUT2D eigenvalue weighted by atomic mass is 10.1. The summed E-state index contributed by atoms with van der Waals surface area (Å²) in [5.74, 6) is -0.353. The monoisotopic (exact) mass is 520 g/mol. The molecule has 1 aromatic carbocycles. The lowest BCUT2D eigenvalue weighted by molar-refractivity contribution is -0.128. The van der Waals surface area contributed by atoms with Crippen molar-refractivity contribution < 1.29 is 18.4 Å². The van der Waals surface area contributed by atoms with Gasteiger partial charge in [-0.1, -0.05) is 59.7 Å². The van der Waals surface area contributed by atoms with Crippen molar-refractivity contribution in [2.24, 2.45) is 0 Å². The van der Waals surface area contributed by atoms with Gasteiger partial charge in [0.2, 0.25) is 5.91 Å². The number of nitrogens with zero attached hydrogens (tertiary/aromatic N) is 1. The van der Waals surface area contributed by atoms with E-state index in [-0.39, 0.29) is 34.0 Å². The Balaban J connectivity index is 2.60. The highest BCUT2D eigenvalue weighted by molar-refractivity contribution is 6.74. The number of likely N-dealkylation sites (tertiary alicyclic amines) is 1. The van der Waals surface area contributed by atoms with Crippen molar-refractivity contribution >= 4 is 28.4 Å². The largest absolute Gasteiger partial charge is 0.409 e. The van der Waals surface area contributed by atoms with Gasteiger partial charge in [0.25, 0.3) is 5.91 Å². The Kier molecular flexibility index (Phi) is 8.90. The predicted molar refractivity (Wildman–Crippen MR) is 149 cm³/mol. The molecule has 35 heavy (non-hydrogen) atoms. The van der Waals surface area contributed by atoms with Crippen molar-refractivity contribution in [1.29, 1.82) is 0 Å². The molecule has 6 nitrogen and oxygen atoms in total. The van der Waals surface area contributed by atoms with E-state index in [4.69, 9.17) is 8.85 Å². The summed E-state index contributed by atoms with van der Waals surface area (Å²) in [6.07, 6.45) is -0.906. The van der Waals surface area contributed by atoms with Crippen LogP contribution >= 0.6 is 0 Å². The maximum absolute atomic E-state index is 13.7. The third-order valence-electron chi connectivity index (χ3n) is 7.86. The summed E-state index contributed by atoms with van der Waals surface area (Å²) < 4.78 is 13.8. The molecule has 1 N–H and O–H groups in total. The second kappa shape index (κ2) is 10.5. The first-order chi connectivity index (χ1) is 15.8. The molecule has 2 amide bonds. The number of hydrogen-bond donors (Lipinski definition) is 1. The molecule has 0 radical (unpaired) electrons. The van der Waals surface area contributed by atoms with Crippen LogP contribution in [0.2, 0.25) is 36.3 Å². The SMILES string of the molecule is CC(C)NC(=O)C1[C@H](O[Si](C)(C)C(C)(C)C)[C@@H](O[Si](C)(C)C(C)(C)C)CN1C(=O)c1ccccc1. The maximum Gasteiger partial charge on any atom is 0.254 e. The predicted octanol–water partition coefficient (Wildman–Crippen LogP) is 5.82. The third-order valence-corrected chi connectivity index (χ3v) is 16.8. The van der Waals surface area contributed by atoms with Crippen LogP contribution < -0.4 is 5.32 Å². The first-order valence-electron chi connectivity index (χ1n) is 12.8. The molecule has 0 spiro atoms. The first-order valence-corrected chi connectivity index (χ1v) is 18.6. The number of hydrogen-bond acceptors (Lipinski definition) is 4. The summed E-state index contributed by atoms with van der Waals surface area (Å²) in [7, 11) is -4.49. The van der Waals surface area contributed by atoms with Gasteiger partial charge in [-0.15, -0.1) is 0 Å². The van der Waals surface area contributed by atoms with Crippen molar-refractivity contribution in [1.82, 2.24) is 10.2 Å². The van der Waals surface area contributed by atoms with E-state index >= 15 is 0 Å². The highest BCUT2D eigenvalue weighted by Crippen LogP contribution is 2.43. The van der Waals surface area contributed by atoms with E-state index in [0.29, 0.717) is 12.1 Å². The molecule has 1 aliphatic rings. The standard InChI is InChI=1S/C27H48N2O4Si2/c1-19(2)28-24(30)22-23(33-35(11,12)27(6,7)8)21(32-34(9,10)26(3,4)5)18-29(22)25(31)20-16-14-13-15-17-20/h13-17,19,21-23H,18H2,1-12H3,(H,28,30)/t21-,22?,23+/m0/s1. The van der Waals surface area contributed by atoms with Gasteiger partial charge in [-0.05, 0) is 62.2 Å². The Labute approximate surface area is 215 Å². The molecular formula is C27H48N2O4Si2. The van der Waals surface area contributed by atoms with Crippen LogP contribution in [0, 0.1) is 0 Å². The van der Waals surface area contributed by atoms with Gasteiger partial charge in [-0.25, -0.2) is 0 Å². The minimum atomic E-state index is -2.29. The second-order valence-corrected chi connectivity index (χ2v) is 22.7. The Morgan fingerprint density at radius 3 is 1.86 bits per heavy atom. The zero-order valence-corrected chi connectivity index (χ0v) is 26.0. The lowest BCUT2D eigenvalue weighted by Crippen LogP contribution is -2.57. The van der Waals surface area contributed by atoms with Crippen molar-refractivity contribution in [2.45, 2.75) is 116 Å². The molecule has 1 aromatic rings. The molecule has 1 heterocycles. The van der Waals surface area contributed by atoms with Crippen LogP contribution in [0.1, 0.15) is 65.7 Å². The Bertz CT molecular complexity index is 889. The smallest absolute Gasteiger partial charge is 0.254 e. The summed E-state index contributed by atoms with van der Waals surface area (Å²) in [6.45, 7) is 26.2. The zero-order valence-electron chi connectivity index (χ0n) is 24.0. The molecule has 0 aliphatic carbocycles. The van der Waals surface area contributed by atoms with Crippen molar-refractivity contribution in [3.63, 3.8) is 0 Å². The van der Waals surface area contributed by atoms with Crippen LogP contribution in [0.3, 0.4) is 0 Å². The molecule has 8 heteroatoms. The Morgan fingerprint density at radius 1 is 0.914 bits per heavy atom. The van der Waals surface area contributed by atoms with Crippen LogP contribution in [-0.4, -0.2) is 64.2 Å². The maximum atomic E-state index is 13.7. The molecule has 0 saturated carbocycles. The van der Waals surface area contributed by atoms with Crippen LogP contribution in [0.4, 0.5) is 0 Å². The summed E-state index contributed by atoms with van der Waals surface area (Å²) in [4.78, 5) is 29.0. The van der Waals surface area contributed by atoms with Crippen molar-refractivity contribution in [2.75, 3.05) is 6.54 Å². The van der Waals surface area contributed by atoms with Crippen LogP contribution in [0.25, 0.3) is 0 Å². The Morgan fingerprint density at radius 2 is 1.40 bits per heavy atom. The zero-order chi connectivity index (χ0) is 27.0. The van der Waals surface area contributed by atoms with Gasteiger partial charge in [0.15, 0.2) is 16.6 Å². The van der Waals surface area contributed by atoms with E-state index < -0.39 is 28.8 Å². The summed E-state index contributed by atoms with van der Waals surface area (Å²) >= 11 is 0. The molecule has 1 aliphatic heterocycles. The van der Waals surface area contributed by atoms with Crippen LogP contribution in [0.5, 0.6) is 0 Å². The molecule has 198 valence electrons. The summed E-state index contributed by atoms with van der Waals surface area (Å²) in [5.41, 5.74) is 0.564. The van der Waals surface area contributed by atoms with Gasteiger partial charge in [0.1, 0.15) is 12.1 Å². The topological polar surface area (TPSA) is 67.9 Å². The van der Waals surface area contributed by atoms with Crippen molar-refractivity contribution in [3.05, 3.63) is 35.9 Å². The molecule has 0 bridgehead atoms. The minimum Gasteiger partial charge on any atom is -0.409 e. The van der Waals surface area contributed by atoms with E-state index in [9.17, 15) is 9.59 Å². The Hall–Kier alpha value is -1.49. The quantitative estimate of drug-likeness (QED) is 0.460. The van der Waals surface area contributed by atoms with Gasteiger partial charge < -0.3 is 19.1 Å². The van der Waals surface area contributed by atoms with E-state index in [2.05, 4.69) is 73.0 Å². The number of benzene rings is 1. The van der Waals surface area contributed by atoms with E-state index in [1.165, 1.54) is 0 Å². The molecule has 1 saturated heterocycles. The fourth-order valence-electron chi connectivity index (χ4n) is 3.73. The molecule has 2 rings (SSSR count). The highest BCUT2D eigenvalue weighted by atomic mass is 28.4. The normalized spacial score (nSPS) is 22.0. The van der Waals surface area contributed by atoms with E-state index in [0.717, 1.165) is 0 Å². The fourth-order valence-corrected chi connectivity index (χ4v) is 6.36. The molecular weight excluding hydrogens is 472 g/mol. The first kappa shape index (κ1) is 29.7. The lowest BCUT2D eigenvalue weighted by Gasteiger charge is -2.43. The van der Waals surface area contributed by atoms with E-state index in [1.54, 1.807) is 17.0 Å². The minimum absolute atomic E-state index is 0.0128. The number of rotatable bonds is 7. The molecule has 1 unspecified atom stereocenters. The van der Waals surface area contributed by atoms with Gasteiger partial charge in [-0.2, -0.15) is 0 Å². The average Bonchev–Trinajstić information content (AvgIpc) is 3.02.